The first-order valence-corrected chi connectivity index (χ1v) is 5.07. The van der Waals surface area contributed by atoms with Crippen LogP contribution in [0.15, 0.2) is 18.2 Å². The molecule has 0 radical (unpaired) electrons. The van der Waals surface area contributed by atoms with Gasteiger partial charge in [-0.05, 0) is 24.6 Å². The number of anilines is 1. The summed E-state index contributed by atoms with van der Waals surface area (Å²) in [6.07, 6.45) is 0.633. The van der Waals surface area contributed by atoms with Gasteiger partial charge in [0.2, 0.25) is 0 Å². The molecule has 1 aromatic rings. The Morgan fingerprint density at radius 3 is 2.25 bits per heavy atom. The van der Waals surface area contributed by atoms with Crippen molar-refractivity contribution in [3.63, 3.8) is 0 Å². The van der Waals surface area contributed by atoms with Crippen LogP contribution in [0.5, 0.6) is 5.75 Å². The molecule has 90 valence electrons. The third kappa shape index (κ3) is 2.87. The van der Waals surface area contributed by atoms with Gasteiger partial charge in [-0.25, -0.2) is 0 Å². The highest BCUT2D eigenvalue weighted by atomic mass is 16.7. The van der Waals surface area contributed by atoms with E-state index in [1.165, 1.54) is 0 Å². The Labute approximate surface area is 96.3 Å². The number of hydrogen-bond acceptors (Lipinski definition) is 4. The highest BCUT2D eigenvalue weighted by Gasteiger charge is 2.23. The first-order chi connectivity index (χ1) is 7.54. The molecule has 0 atom stereocenters. The second-order valence-electron chi connectivity index (χ2n) is 3.80. The Kier molecular flexibility index (Phi) is 4.15. The zero-order chi connectivity index (χ0) is 12.2. The normalized spacial score (nSPS) is 11.5. The molecule has 0 bridgehead atoms. The van der Waals surface area contributed by atoms with Crippen molar-refractivity contribution in [2.45, 2.75) is 19.1 Å². The lowest BCUT2D eigenvalue weighted by Crippen LogP contribution is -2.32. The number of nitrogen functional groups attached to an aromatic ring is 1. The lowest BCUT2D eigenvalue weighted by molar-refractivity contribution is -0.191. The van der Waals surface area contributed by atoms with Gasteiger partial charge < -0.3 is 19.9 Å². The maximum atomic E-state index is 5.83. The molecular weight excluding hydrogens is 206 g/mol. The number of methoxy groups -OCH3 is 3. The van der Waals surface area contributed by atoms with Crippen molar-refractivity contribution in [1.29, 1.82) is 0 Å². The van der Waals surface area contributed by atoms with Crippen LogP contribution >= 0.6 is 0 Å². The Morgan fingerprint density at radius 2 is 1.81 bits per heavy atom. The van der Waals surface area contributed by atoms with Crippen molar-refractivity contribution in [1.82, 2.24) is 0 Å². The average molecular weight is 225 g/mol. The predicted molar refractivity (Wildman–Crippen MR) is 63.5 cm³/mol. The quantitative estimate of drug-likeness (QED) is 0.613. The zero-order valence-electron chi connectivity index (χ0n) is 10.2. The molecule has 0 fully saturated rings. The summed E-state index contributed by atoms with van der Waals surface area (Å²) in [4.78, 5) is 0. The van der Waals surface area contributed by atoms with Gasteiger partial charge in [0.25, 0.3) is 0 Å². The summed E-state index contributed by atoms with van der Waals surface area (Å²) < 4.78 is 15.7. The molecule has 4 heteroatoms. The van der Waals surface area contributed by atoms with Gasteiger partial charge in [-0.15, -0.1) is 0 Å². The number of benzene rings is 1. The van der Waals surface area contributed by atoms with Crippen LogP contribution in [0.3, 0.4) is 0 Å². The summed E-state index contributed by atoms with van der Waals surface area (Å²) in [6.45, 7) is 1.88. The van der Waals surface area contributed by atoms with Gasteiger partial charge in [-0.3, -0.25) is 0 Å². The summed E-state index contributed by atoms with van der Waals surface area (Å²) in [5, 5.41) is 0. The van der Waals surface area contributed by atoms with E-state index < -0.39 is 5.79 Å². The van der Waals surface area contributed by atoms with Gasteiger partial charge in [0.05, 0.1) is 12.8 Å². The summed E-state index contributed by atoms with van der Waals surface area (Å²) in [7, 11) is 4.84. The molecule has 1 aromatic carbocycles. The van der Waals surface area contributed by atoms with Crippen LogP contribution in [0.4, 0.5) is 5.69 Å². The Balaban J connectivity index is 2.86. The van der Waals surface area contributed by atoms with E-state index in [-0.39, 0.29) is 0 Å². The van der Waals surface area contributed by atoms with E-state index in [0.29, 0.717) is 17.9 Å². The van der Waals surface area contributed by atoms with Crippen LogP contribution in [0.1, 0.15) is 12.5 Å². The molecule has 0 saturated heterocycles. The summed E-state index contributed by atoms with van der Waals surface area (Å²) in [5.74, 6) is 0.0568. The minimum Gasteiger partial charge on any atom is -0.495 e. The minimum absolute atomic E-state index is 0.620. The number of rotatable bonds is 5. The van der Waals surface area contributed by atoms with Crippen molar-refractivity contribution in [2.24, 2.45) is 0 Å². The maximum absolute atomic E-state index is 5.83. The second-order valence-corrected chi connectivity index (χ2v) is 3.80. The van der Waals surface area contributed by atoms with Crippen LogP contribution in [-0.2, 0) is 15.9 Å². The van der Waals surface area contributed by atoms with Crippen LogP contribution < -0.4 is 10.5 Å². The summed E-state index contributed by atoms with van der Waals surface area (Å²) in [6, 6.07) is 5.66. The van der Waals surface area contributed by atoms with Gasteiger partial charge in [-0.2, -0.15) is 0 Å². The largest absolute Gasteiger partial charge is 0.495 e. The molecule has 0 aromatic heterocycles. The summed E-state index contributed by atoms with van der Waals surface area (Å²) >= 11 is 0. The standard InChI is InChI=1S/C12H19NO3/c1-12(15-3,16-4)8-9-5-6-11(14-2)10(13)7-9/h5-7H,8,13H2,1-4H3. The lowest BCUT2D eigenvalue weighted by atomic mass is 10.1. The minimum atomic E-state index is -0.624. The van der Waals surface area contributed by atoms with E-state index in [0.717, 1.165) is 5.56 Å². The van der Waals surface area contributed by atoms with Gasteiger partial charge in [0, 0.05) is 20.6 Å². The zero-order valence-corrected chi connectivity index (χ0v) is 10.2. The van der Waals surface area contributed by atoms with Gasteiger partial charge in [-0.1, -0.05) is 6.07 Å². The molecule has 16 heavy (non-hydrogen) atoms. The Morgan fingerprint density at radius 1 is 1.19 bits per heavy atom. The first kappa shape index (κ1) is 12.8. The number of hydrogen-bond donors (Lipinski definition) is 1. The van der Waals surface area contributed by atoms with Crippen molar-refractivity contribution < 1.29 is 14.2 Å². The molecule has 4 nitrogen and oxygen atoms in total. The van der Waals surface area contributed by atoms with E-state index in [4.69, 9.17) is 19.9 Å². The smallest absolute Gasteiger partial charge is 0.168 e. The average Bonchev–Trinajstić information content (AvgIpc) is 2.29. The van der Waals surface area contributed by atoms with E-state index in [2.05, 4.69) is 0 Å². The lowest BCUT2D eigenvalue weighted by Gasteiger charge is -2.26. The van der Waals surface area contributed by atoms with Crippen molar-refractivity contribution in [3.8, 4) is 5.75 Å². The monoisotopic (exact) mass is 225 g/mol. The van der Waals surface area contributed by atoms with E-state index in [1.54, 1.807) is 21.3 Å². The third-order valence-corrected chi connectivity index (χ3v) is 2.68. The van der Waals surface area contributed by atoms with Crippen LogP contribution in [0.25, 0.3) is 0 Å². The Bertz CT molecular complexity index is 348. The highest BCUT2D eigenvalue weighted by Crippen LogP contribution is 2.25. The molecule has 0 amide bonds. The maximum Gasteiger partial charge on any atom is 0.168 e. The predicted octanol–water partition coefficient (Wildman–Crippen LogP) is 1.83. The molecule has 0 unspecified atom stereocenters. The van der Waals surface area contributed by atoms with Crippen molar-refractivity contribution in [3.05, 3.63) is 23.8 Å². The SMILES string of the molecule is COc1ccc(CC(C)(OC)OC)cc1N. The molecule has 0 aliphatic rings. The molecular formula is C12H19NO3. The first-order valence-electron chi connectivity index (χ1n) is 5.07. The fraction of sp³-hybridized carbons (Fsp3) is 0.500. The van der Waals surface area contributed by atoms with Crippen LogP contribution in [0.2, 0.25) is 0 Å². The molecule has 0 heterocycles. The molecule has 0 aliphatic carbocycles. The van der Waals surface area contributed by atoms with E-state index in [1.807, 2.05) is 25.1 Å². The third-order valence-electron chi connectivity index (χ3n) is 2.68. The summed E-state index contributed by atoms with van der Waals surface area (Å²) in [5.41, 5.74) is 7.49. The van der Waals surface area contributed by atoms with Gasteiger partial charge >= 0.3 is 0 Å². The fourth-order valence-corrected chi connectivity index (χ4v) is 1.49. The highest BCUT2D eigenvalue weighted by molar-refractivity contribution is 5.54. The van der Waals surface area contributed by atoms with Gasteiger partial charge in [0.15, 0.2) is 5.79 Å². The molecule has 0 saturated carbocycles. The van der Waals surface area contributed by atoms with Crippen LogP contribution in [-0.4, -0.2) is 27.1 Å². The van der Waals surface area contributed by atoms with Crippen LogP contribution in [0, 0.1) is 0 Å². The molecule has 0 aliphatic heterocycles. The van der Waals surface area contributed by atoms with E-state index in [9.17, 15) is 0 Å². The van der Waals surface area contributed by atoms with E-state index >= 15 is 0 Å². The molecule has 1 rings (SSSR count). The Hall–Kier alpha value is -1.26. The van der Waals surface area contributed by atoms with Crippen molar-refractivity contribution >= 4 is 5.69 Å². The second kappa shape index (κ2) is 5.18. The fourth-order valence-electron chi connectivity index (χ4n) is 1.49. The number of ether oxygens (including phenoxy) is 3. The number of nitrogens with two attached hydrogens (primary N) is 1. The molecule has 2 N–H and O–H groups in total. The topological polar surface area (TPSA) is 53.7 Å². The van der Waals surface area contributed by atoms with Gasteiger partial charge in [0.1, 0.15) is 5.75 Å². The van der Waals surface area contributed by atoms with Crippen molar-refractivity contribution in [2.75, 3.05) is 27.1 Å². The molecule has 0 spiro atoms.